The van der Waals surface area contributed by atoms with Crippen LogP contribution in [0.3, 0.4) is 0 Å². The number of fused-ring (bicyclic) bond motifs is 1. The summed E-state index contributed by atoms with van der Waals surface area (Å²) >= 11 is 0. The molecule has 0 amide bonds. The maximum Gasteiger partial charge on any atom is 0.280 e. The zero-order valence-electron chi connectivity index (χ0n) is 14.9. The molecule has 2 aliphatic rings. The molecule has 1 nitrogen and oxygen atoms in total. The van der Waals surface area contributed by atoms with Gasteiger partial charge in [-0.2, -0.15) is 0 Å². The Balaban J connectivity index is 2.03. The van der Waals surface area contributed by atoms with Crippen LogP contribution >= 0.6 is 0 Å². The van der Waals surface area contributed by atoms with Gasteiger partial charge in [-0.15, -0.1) is 0 Å². The Morgan fingerprint density at radius 2 is 1.42 bits per heavy atom. The van der Waals surface area contributed by atoms with Crippen LogP contribution in [0.15, 0.2) is 71.1 Å². The normalized spacial score (nSPS) is 22.7. The Morgan fingerprint density at radius 3 is 1.92 bits per heavy atom. The van der Waals surface area contributed by atoms with Crippen molar-refractivity contribution < 1.29 is 4.43 Å². The first-order valence-electron chi connectivity index (χ1n) is 9.06. The standard InChI is InChI=1S/C21H26OSi2/c1-23(2,3)21-19-15-10-16-20(19)22-24(21,17-11-6-4-7-12-17)18-13-8-5-9-14-18/h4-9,11-14,20H,10,15-16H2,1-3H3. The van der Waals surface area contributed by atoms with Crippen molar-refractivity contribution in [3.8, 4) is 0 Å². The predicted molar refractivity (Wildman–Crippen MR) is 107 cm³/mol. The molecule has 0 saturated heterocycles. The van der Waals surface area contributed by atoms with Gasteiger partial charge in [0.2, 0.25) is 0 Å². The fourth-order valence-corrected chi connectivity index (χ4v) is 15.2. The van der Waals surface area contributed by atoms with Crippen LogP contribution in [0.4, 0.5) is 0 Å². The molecule has 0 spiro atoms. The highest BCUT2D eigenvalue weighted by Crippen LogP contribution is 2.45. The highest BCUT2D eigenvalue weighted by Gasteiger charge is 2.56. The van der Waals surface area contributed by atoms with Crippen LogP contribution in [0.25, 0.3) is 0 Å². The van der Waals surface area contributed by atoms with Crippen molar-refractivity contribution in [3.63, 3.8) is 0 Å². The van der Waals surface area contributed by atoms with E-state index in [1.165, 1.54) is 29.6 Å². The highest BCUT2D eigenvalue weighted by molar-refractivity contribution is 7.15. The lowest BCUT2D eigenvalue weighted by molar-refractivity contribution is 0.258. The van der Waals surface area contributed by atoms with Crippen LogP contribution < -0.4 is 10.4 Å². The number of hydrogen-bond donors (Lipinski definition) is 0. The summed E-state index contributed by atoms with van der Waals surface area (Å²) in [6.07, 6.45) is 4.12. The third kappa shape index (κ3) is 2.38. The van der Waals surface area contributed by atoms with Gasteiger partial charge in [0.15, 0.2) is 0 Å². The summed E-state index contributed by atoms with van der Waals surface area (Å²) in [4.78, 5) is 1.76. The third-order valence-electron chi connectivity index (χ3n) is 5.40. The molecule has 1 atom stereocenters. The van der Waals surface area contributed by atoms with E-state index in [2.05, 4.69) is 80.3 Å². The van der Waals surface area contributed by atoms with E-state index in [-0.39, 0.29) is 0 Å². The Bertz CT molecular complexity index is 720. The summed E-state index contributed by atoms with van der Waals surface area (Å²) in [6.45, 7) is 7.52. The van der Waals surface area contributed by atoms with Crippen molar-refractivity contribution in [2.45, 2.75) is 45.0 Å². The molecule has 1 aliphatic carbocycles. The molecule has 4 rings (SSSR count). The summed E-state index contributed by atoms with van der Waals surface area (Å²) in [5.74, 6) is 0. The Labute approximate surface area is 147 Å². The molecule has 2 aromatic carbocycles. The largest absolute Gasteiger partial charge is 0.398 e. The monoisotopic (exact) mass is 350 g/mol. The maximum atomic E-state index is 7.08. The van der Waals surface area contributed by atoms with Gasteiger partial charge in [-0.3, -0.25) is 0 Å². The molecular weight excluding hydrogens is 324 g/mol. The lowest BCUT2D eigenvalue weighted by atomic mass is 10.2. The van der Waals surface area contributed by atoms with Crippen molar-refractivity contribution in [3.05, 3.63) is 71.1 Å². The van der Waals surface area contributed by atoms with Crippen LogP contribution in [0, 0.1) is 0 Å². The second-order valence-corrected chi connectivity index (χ2v) is 16.8. The number of benzene rings is 2. The molecular formula is C21H26OSi2. The fraction of sp³-hybridized carbons (Fsp3) is 0.333. The van der Waals surface area contributed by atoms with E-state index in [1.807, 2.05) is 0 Å². The minimum absolute atomic E-state index is 0.374. The molecule has 0 bridgehead atoms. The molecule has 0 aromatic heterocycles. The van der Waals surface area contributed by atoms with Gasteiger partial charge in [0.25, 0.3) is 8.32 Å². The van der Waals surface area contributed by atoms with E-state index in [1.54, 1.807) is 10.4 Å². The topological polar surface area (TPSA) is 9.23 Å². The van der Waals surface area contributed by atoms with E-state index in [0.29, 0.717) is 6.10 Å². The first-order chi connectivity index (χ1) is 11.5. The quantitative estimate of drug-likeness (QED) is 0.759. The van der Waals surface area contributed by atoms with E-state index in [4.69, 9.17) is 4.43 Å². The van der Waals surface area contributed by atoms with Crippen LogP contribution in [0.1, 0.15) is 19.3 Å². The molecule has 0 radical (unpaired) electrons. The van der Waals surface area contributed by atoms with E-state index >= 15 is 0 Å². The fourth-order valence-electron chi connectivity index (χ4n) is 4.67. The third-order valence-corrected chi connectivity index (χ3v) is 14.5. The smallest absolute Gasteiger partial charge is 0.280 e. The zero-order valence-corrected chi connectivity index (χ0v) is 16.9. The molecule has 1 heterocycles. The zero-order chi connectivity index (χ0) is 16.8. The summed E-state index contributed by atoms with van der Waals surface area (Å²) in [7, 11) is -3.80. The van der Waals surface area contributed by atoms with Gasteiger partial charge in [-0.25, -0.2) is 0 Å². The molecule has 1 aliphatic heterocycles. The average Bonchev–Trinajstić information content (AvgIpc) is 3.14. The molecule has 0 N–H and O–H groups in total. The Hall–Kier alpha value is -1.43. The van der Waals surface area contributed by atoms with Crippen molar-refractivity contribution in [1.82, 2.24) is 0 Å². The Morgan fingerprint density at radius 1 is 0.875 bits per heavy atom. The summed E-state index contributed by atoms with van der Waals surface area (Å²) in [5.41, 5.74) is 1.67. The second kappa shape index (κ2) is 5.83. The van der Waals surface area contributed by atoms with Crippen LogP contribution in [-0.4, -0.2) is 22.5 Å². The van der Waals surface area contributed by atoms with Crippen molar-refractivity contribution in [2.75, 3.05) is 0 Å². The first-order valence-corrected chi connectivity index (χ1v) is 14.5. The minimum Gasteiger partial charge on any atom is -0.398 e. The number of hydrogen-bond acceptors (Lipinski definition) is 1. The van der Waals surface area contributed by atoms with Crippen molar-refractivity contribution >= 4 is 26.8 Å². The molecule has 124 valence electrons. The number of rotatable bonds is 3. The van der Waals surface area contributed by atoms with Gasteiger partial charge >= 0.3 is 0 Å². The second-order valence-electron chi connectivity index (χ2n) is 8.06. The van der Waals surface area contributed by atoms with E-state index in [0.717, 1.165) is 0 Å². The summed E-state index contributed by atoms with van der Waals surface area (Å²) in [5, 5.41) is 2.85. The predicted octanol–water partition coefficient (Wildman–Crippen LogP) is 4.04. The minimum atomic E-state index is -2.30. The molecule has 3 heteroatoms. The lowest BCUT2D eigenvalue weighted by Gasteiger charge is -2.36. The van der Waals surface area contributed by atoms with Crippen molar-refractivity contribution in [2.24, 2.45) is 0 Å². The van der Waals surface area contributed by atoms with Crippen LogP contribution in [0.5, 0.6) is 0 Å². The van der Waals surface area contributed by atoms with Gasteiger partial charge in [-0.05, 0) is 35.2 Å². The van der Waals surface area contributed by atoms with E-state index in [9.17, 15) is 0 Å². The SMILES string of the molecule is C[Si](C)(C)C1=C2CCCC2O[Si]1(c1ccccc1)c1ccccc1. The molecule has 24 heavy (non-hydrogen) atoms. The van der Waals surface area contributed by atoms with Crippen LogP contribution in [-0.2, 0) is 4.43 Å². The van der Waals surface area contributed by atoms with Gasteiger partial charge in [-0.1, -0.05) is 85.1 Å². The Kier molecular flexibility index (Phi) is 3.90. The summed E-state index contributed by atoms with van der Waals surface area (Å²) in [6, 6.07) is 22.2. The molecule has 1 unspecified atom stereocenters. The average molecular weight is 351 g/mol. The molecule has 1 saturated carbocycles. The van der Waals surface area contributed by atoms with Crippen LogP contribution in [0.2, 0.25) is 19.6 Å². The van der Waals surface area contributed by atoms with Gasteiger partial charge in [0.1, 0.15) is 0 Å². The van der Waals surface area contributed by atoms with Crippen molar-refractivity contribution in [1.29, 1.82) is 0 Å². The maximum absolute atomic E-state index is 7.08. The molecule has 1 fully saturated rings. The first kappa shape index (κ1) is 16.1. The highest BCUT2D eigenvalue weighted by atomic mass is 28.4. The molecule has 2 aromatic rings. The summed E-state index contributed by atoms with van der Waals surface area (Å²) < 4.78 is 7.08. The van der Waals surface area contributed by atoms with E-state index < -0.39 is 16.4 Å². The van der Waals surface area contributed by atoms with Gasteiger partial charge in [0.05, 0.1) is 14.2 Å². The van der Waals surface area contributed by atoms with Gasteiger partial charge < -0.3 is 4.43 Å². The lowest BCUT2D eigenvalue weighted by Crippen LogP contribution is -2.65. The van der Waals surface area contributed by atoms with Gasteiger partial charge in [0, 0.05) is 0 Å².